The normalized spacial score (nSPS) is 19.2. The number of carboxylic acid groups (broad SMARTS) is 1. The van der Waals surface area contributed by atoms with Gasteiger partial charge in [0.05, 0.1) is 18.1 Å². The molecule has 1 fully saturated rings. The molecule has 0 saturated heterocycles. The monoisotopic (exact) mass is 258 g/mol. The van der Waals surface area contributed by atoms with Crippen LogP contribution in [0.4, 0.5) is 4.79 Å². The van der Waals surface area contributed by atoms with E-state index in [1.807, 2.05) is 6.92 Å². The van der Waals surface area contributed by atoms with Crippen molar-refractivity contribution in [1.29, 1.82) is 0 Å². The summed E-state index contributed by atoms with van der Waals surface area (Å²) in [6.07, 6.45) is 3.10. The van der Waals surface area contributed by atoms with Crippen LogP contribution in [0.5, 0.6) is 0 Å². The van der Waals surface area contributed by atoms with Gasteiger partial charge in [-0.15, -0.1) is 0 Å². The summed E-state index contributed by atoms with van der Waals surface area (Å²) < 4.78 is 4.90. The lowest BCUT2D eigenvalue weighted by molar-refractivity contribution is -0.148. The van der Waals surface area contributed by atoms with E-state index in [4.69, 9.17) is 4.74 Å². The summed E-state index contributed by atoms with van der Waals surface area (Å²) in [5.41, 5.74) is -0.776. The smallest absolute Gasteiger partial charge is 0.315 e. The number of methoxy groups -OCH3 is 1. The van der Waals surface area contributed by atoms with E-state index >= 15 is 0 Å². The standard InChI is InChI=1S/C12H22N2O4/c1-9(7-18-2)14-11(17)13-8-12(10(15)16)5-3-4-6-12/h9H,3-8H2,1-2H3,(H,15,16)(H2,13,14,17). The SMILES string of the molecule is COCC(C)NC(=O)NCC1(C(=O)O)CCCC1. The number of nitrogens with one attached hydrogen (secondary N) is 2. The Morgan fingerprint density at radius 3 is 2.50 bits per heavy atom. The van der Waals surface area contributed by atoms with Crippen molar-refractivity contribution in [3.05, 3.63) is 0 Å². The predicted molar refractivity (Wildman–Crippen MR) is 66.4 cm³/mol. The fourth-order valence-electron chi connectivity index (χ4n) is 2.33. The van der Waals surface area contributed by atoms with Gasteiger partial charge in [0.15, 0.2) is 0 Å². The molecule has 0 radical (unpaired) electrons. The van der Waals surface area contributed by atoms with Crippen LogP contribution in [-0.4, -0.2) is 43.4 Å². The second-order valence-electron chi connectivity index (χ2n) is 4.98. The van der Waals surface area contributed by atoms with E-state index in [9.17, 15) is 14.7 Å². The number of hydrogen-bond acceptors (Lipinski definition) is 3. The highest BCUT2D eigenvalue weighted by molar-refractivity contribution is 5.78. The molecule has 1 rings (SSSR count). The molecule has 1 saturated carbocycles. The van der Waals surface area contributed by atoms with Crippen molar-refractivity contribution in [2.45, 2.75) is 38.6 Å². The Hall–Kier alpha value is -1.30. The van der Waals surface area contributed by atoms with Crippen molar-refractivity contribution in [3.63, 3.8) is 0 Å². The van der Waals surface area contributed by atoms with Crippen LogP contribution in [0.15, 0.2) is 0 Å². The summed E-state index contributed by atoms with van der Waals surface area (Å²) >= 11 is 0. The number of ether oxygens (including phenoxy) is 1. The third-order valence-corrected chi connectivity index (χ3v) is 3.40. The van der Waals surface area contributed by atoms with E-state index in [2.05, 4.69) is 10.6 Å². The molecule has 0 bridgehead atoms. The Morgan fingerprint density at radius 2 is 2.00 bits per heavy atom. The molecular weight excluding hydrogens is 236 g/mol. The van der Waals surface area contributed by atoms with Crippen molar-refractivity contribution in [3.8, 4) is 0 Å². The Kier molecular flexibility index (Phi) is 5.40. The Bertz CT molecular complexity index is 300. The van der Waals surface area contributed by atoms with E-state index < -0.39 is 11.4 Å². The highest BCUT2D eigenvalue weighted by Crippen LogP contribution is 2.37. The first-order valence-corrected chi connectivity index (χ1v) is 6.27. The van der Waals surface area contributed by atoms with Crippen LogP contribution in [0, 0.1) is 5.41 Å². The number of carbonyl (C=O) groups excluding carboxylic acids is 1. The van der Waals surface area contributed by atoms with Gasteiger partial charge in [0.1, 0.15) is 0 Å². The lowest BCUT2D eigenvalue weighted by Crippen LogP contribution is -2.48. The molecule has 0 heterocycles. The molecular formula is C12H22N2O4. The zero-order valence-electron chi connectivity index (χ0n) is 11.0. The van der Waals surface area contributed by atoms with Crippen LogP contribution in [0.25, 0.3) is 0 Å². The fraction of sp³-hybridized carbons (Fsp3) is 0.833. The Labute approximate surface area is 107 Å². The molecule has 0 aromatic carbocycles. The average Bonchev–Trinajstić information content (AvgIpc) is 2.76. The molecule has 104 valence electrons. The van der Waals surface area contributed by atoms with E-state index in [-0.39, 0.29) is 18.6 Å². The number of rotatable bonds is 6. The zero-order chi connectivity index (χ0) is 13.6. The van der Waals surface area contributed by atoms with Crippen LogP contribution in [-0.2, 0) is 9.53 Å². The molecule has 1 aliphatic carbocycles. The number of carboxylic acids is 1. The van der Waals surface area contributed by atoms with Crippen molar-refractivity contribution in [1.82, 2.24) is 10.6 Å². The number of hydrogen-bond donors (Lipinski definition) is 3. The van der Waals surface area contributed by atoms with Crippen molar-refractivity contribution in [2.75, 3.05) is 20.3 Å². The van der Waals surface area contributed by atoms with Gasteiger partial charge < -0.3 is 20.5 Å². The quantitative estimate of drug-likeness (QED) is 0.662. The van der Waals surface area contributed by atoms with E-state index in [1.165, 1.54) is 0 Å². The molecule has 6 nitrogen and oxygen atoms in total. The van der Waals surface area contributed by atoms with Gasteiger partial charge in [0, 0.05) is 13.7 Å². The molecule has 0 aliphatic heterocycles. The Balaban J connectivity index is 2.39. The minimum atomic E-state index is -0.815. The first kappa shape index (κ1) is 14.8. The molecule has 0 aromatic rings. The maximum Gasteiger partial charge on any atom is 0.315 e. The lowest BCUT2D eigenvalue weighted by Gasteiger charge is -2.24. The van der Waals surface area contributed by atoms with Gasteiger partial charge in [-0.2, -0.15) is 0 Å². The third-order valence-electron chi connectivity index (χ3n) is 3.40. The maximum atomic E-state index is 11.6. The summed E-state index contributed by atoms with van der Waals surface area (Å²) in [4.78, 5) is 22.8. The van der Waals surface area contributed by atoms with Gasteiger partial charge in [-0.05, 0) is 19.8 Å². The zero-order valence-corrected chi connectivity index (χ0v) is 11.0. The minimum Gasteiger partial charge on any atom is -0.481 e. The second-order valence-corrected chi connectivity index (χ2v) is 4.98. The Morgan fingerprint density at radius 1 is 1.39 bits per heavy atom. The first-order valence-electron chi connectivity index (χ1n) is 6.27. The molecule has 18 heavy (non-hydrogen) atoms. The first-order chi connectivity index (χ1) is 8.50. The molecule has 1 unspecified atom stereocenters. The van der Waals surface area contributed by atoms with Gasteiger partial charge in [-0.3, -0.25) is 4.79 Å². The summed E-state index contributed by atoms with van der Waals surface area (Å²) in [5, 5.41) is 14.6. The van der Waals surface area contributed by atoms with Crippen LogP contribution >= 0.6 is 0 Å². The van der Waals surface area contributed by atoms with E-state index in [0.29, 0.717) is 19.4 Å². The van der Waals surface area contributed by atoms with E-state index in [0.717, 1.165) is 12.8 Å². The third kappa shape index (κ3) is 3.87. The number of urea groups is 1. The predicted octanol–water partition coefficient (Wildman–Crippen LogP) is 0.965. The summed E-state index contributed by atoms with van der Waals surface area (Å²) in [5.74, 6) is -0.815. The molecule has 2 amide bonds. The molecule has 0 aromatic heterocycles. The van der Waals surface area contributed by atoms with Gasteiger partial charge >= 0.3 is 12.0 Å². The highest BCUT2D eigenvalue weighted by Gasteiger charge is 2.41. The second kappa shape index (κ2) is 6.58. The van der Waals surface area contributed by atoms with Crippen LogP contribution < -0.4 is 10.6 Å². The minimum absolute atomic E-state index is 0.0978. The van der Waals surface area contributed by atoms with Gasteiger partial charge in [-0.1, -0.05) is 12.8 Å². The fourth-order valence-corrected chi connectivity index (χ4v) is 2.33. The number of amides is 2. The van der Waals surface area contributed by atoms with Crippen LogP contribution in [0.1, 0.15) is 32.6 Å². The number of carbonyl (C=O) groups is 2. The number of aliphatic carboxylic acids is 1. The molecule has 6 heteroatoms. The van der Waals surface area contributed by atoms with E-state index in [1.54, 1.807) is 7.11 Å². The molecule has 1 aliphatic rings. The van der Waals surface area contributed by atoms with Crippen LogP contribution in [0.2, 0.25) is 0 Å². The maximum absolute atomic E-state index is 11.6. The van der Waals surface area contributed by atoms with Crippen molar-refractivity contribution in [2.24, 2.45) is 5.41 Å². The van der Waals surface area contributed by atoms with Crippen molar-refractivity contribution < 1.29 is 19.4 Å². The average molecular weight is 258 g/mol. The molecule has 3 N–H and O–H groups in total. The van der Waals surface area contributed by atoms with Crippen molar-refractivity contribution >= 4 is 12.0 Å². The van der Waals surface area contributed by atoms with Gasteiger partial charge in [0.2, 0.25) is 0 Å². The largest absolute Gasteiger partial charge is 0.481 e. The van der Waals surface area contributed by atoms with Gasteiger partial charge in [0.25, 0.3) is 0 Å². The highest BCUT2D eigenvalue weighted by atomic mass is 16.5. The topological polar surface area (TPSA) is 87.7 Å². The summed E-state index contributed by atoms with van der Waals surface area (Å²) in [6, 6.07) is -0.438. The lowest BCUT2D eigenvalue weighted by atomic mass is 9.86. The summed E-state index contributed by atoms with van der Waals surface area (Å²) in [7, 11) is 1.56. The van der Waals surface area contributed by atoms with Gasteiger partial charge in [-0.25, -0.2) is 4.79 Å². The summed E-state index contributed by atoms with van der Waals surface area (Å²) in [6.45, 7) is 2.44. The van der Waals surface area contributed by atoms with Crippen LogP contribution in [0.3, 0.4) is 0 Å². The molecule has 0 spiro atoms. The molecule has 1 atom stereocenters.